The van der Waals surface area contributed by atoms with Gasteiger partial charge in [-0.3, -0.25) is 0 Å². The van der Waals surface area contributed by atoms with Crippen molar-refractivity contribution in [3.8, 4) is 0 Å². The molecule has 2 saturated carbocycles. The molecule has 4 unspecified atom stereocenters. The van der Waals surface area contributed by atoms with Gasteiger partial charge < -0.3 is 0 Å². The van der Waals surface area contributed by atoms with Crippen LogP contribution < -0.4 is 0 Å². The summed E-state index contributed by atoms with van der Waals surface area (Å²) in [5.41, 5.74) is 12.2. The van der Waals surface area contributed by atoms with Gasteiger partial charge in [0.25, 0.3) is 0 Å². The van der Waals surface area contributed by atoms with Gasteiger partial charge in [0.1, 0.15) is 0 Å². The number of hydrogen-bond donors (Lipinski definition) is 0. The van der Waals surface area contributed by atoms with Crippen molar-refractivity contribution in [2.45, 2.75) is 172 Å². The zero-order valence-electron chi connectivity index (χ0n) is 36.7. The summed E-state index contributed by atoms with van der Waals surface area (Å²) in [5.74, 6) is 1.57. The van der Waals surface area contributed by atoms with E-state index in [1.165, 1.54) is 40.7 Å². The summed E-state index contributed by atoms with van der Waals surface area (Å²) in [6.07, 6.45) is 18.1. The third-order valence-electron chi connectivity index (χ3n) is 20.7. The molecule has 0 nitrogen and oxygen atoms in total. The Labute approximate surface area is 306 Å². The van der Waals surface area contributed by atoms with E-state index in [4.69, 9.17) is 0 Å². The summed E-state index contributed by atoms with van der Waals surface area (Å²) < 4.78 is 0. The van der Waals surface area contributed by atoms with Crippen molar-refractivity contribution in [2.75, 3.05) is 0 Å². The third-order valence-corrected chi connectivity index (χ3v) is 20.7. The lowest BCUT2D eigenvalue weighted by atomic mass is 9.28. The minimum atomic E-state index is 0.266. The van der Waals surface area contributed by atoms with Crippen molar-refractivity contribution in [1.29, 1.82) is 0 Å². The summed E-state index contributed by atoms with van der Waals surface area (Å²) in [6, 6.07) is 0. The van der Waals surface area contributed by atoms with E-state index in [1.807, 2.05) is 0 Å². The Hall–Kier alpha value is -1.56. The zero-order chi connectivity index (χ0) is 38.0. The molecule has 0 heterocycles. The number of allylic oxidation sites excluding steroid dienone is 5. The first-order valence-corrected chi connectivity index (χ1v) is 19.9. The molecule has 5 aliphatic rings. The standard InChI is InChI=1S/C19H34.C17H30.C13H16/c1-14(2)15(3,4)17(7,8)19(10)13-11-12-18(19,9)16(14,5)6;1-14(2)12-10-9-11-13(12)15(3,4)17(7,8)16(14,5)6;1-8-9(2)11(4)13-7-5-6-12(13)10(8)3/h11-12H,13H2,1-10H3;9-10,12-13H,11H2,1-8H3;5-6H,7H2,1-4H3. The van der Waals surface area contributed by atoms with Crippen LogP contribution in [0.1, 0.15) is 171 Å². The van der Waals surface area contributed by atoms with Crippen LogP contribution >= 0.6 is 0 Å². The molecule has 0 saturated heterocycles. The highest BCUT2D eigenvalue weighted by atomic mass is 14.8. The molecule has 6 rings (SSSR count). The van der Waals surface area contributed by atoms with Gasteiger partial charge in [0.05, 0.1) is 0 Å². The number of hydrogen-bond acceptors (Lipinski definition) is 0. The molecule has 0 radical (unpaired) electrons. The van der Waals surface area contributed by atoms with Gasteiger partial charge in [0, 0.05) is 0 Å². The normalized spacial score (nSPS) is 34.9. The summed E-state index contributed by atoms with van der Waals surface area (Å²) in [7, 11) is 0. The highest BCUT2D eigenvalue weighted by Gasteiger charge is 2.74. The van der Waals surface area contributed by atoms with Crippen LogP contribution in [-0.2, 0) is 6.42 Å². The maximum absolute atomic E-state index is 2.53. The first-order valence-electron chi connectivity index (χ1n) is 19.9. The van der Waals surface area contributed by atoms with E-state index in [0.717, 1.165) is 18.3 Å². The molecule has 0 aromatic heterocycles. The van der Waals surface area contributed by atoms with Gasteiger partial charge in [-0.1, -0.05) is 161 Å². The molecule has 4 atom stereocenters. The molecular formula is C49H80. The Kier molecular flexibility index (Phi) is 9.41. The van der Waals surface area contributed by atoms with Gasteiger partial charge in [0.2, 0.25) is 0 Å². The van der Waals surface area contributed by atoms with Crippen molar-refractivity contribution in [2.24, 2.45) is 66.0 Å². The van der Waals surface area contributed by atoms with E-state index in [9.17, 15) is 0 Å². The van der Waals surface area contributed by atoms with E-state index in [0.29, 0.717) is 37.9 Å². The summed E-state index contributed by atoms with van der Waals surface area (Å²) in [5, 5.41) is 0. The Bertz CT molecular complexity index is 1550. The molecule has 276 valence electrons. The van der Waals surface area contributed by atoms with E-state index in [-0.39, 0.29) is 16.2 Å². The fraction of sp³-hybridized carbons (Fsp3) is 0.755. The molecule has 0 heteroatoms. The molecule has 0 spiro atoms. The highest BCUT2D eigenvalue weighted by Crippen LogP contribution is 2.81. The minimum absolute atomic E-state index is 0.266. The maximum Gasteiger partial charge on any atom is -0.00281 e. The molecule has 0 bridgehead atoms. The van der Waals surface area contributed by atoms with E-state index in [2.05, 4.69) is 189 Å². The third kappa shape index (κ3) is 4.72. The van der Waals surface area contributed by atoms with Crippen LogP contribution in [0.25, 0.3) is 6.08 Å². The van der Waals surface area contributed by atoms with Gasteiger partial charge in [-0.15, -0.1) is 0 Å². The van der Waals surface area contributed by atoms with Crippen LogP contribution in [0.15, 0.2) is 30.4 Å². The van der Waals surface area contributed by atoms with Crippen molar-refractivity contribution in [3.05, 3.63) is 63.8 Å². The Balaban J connectivity index is 0.000000168. The van der Waals surface area contributed by atoms with Crippen LogP contribution in [0.3, 0.4) is 0 Å². The highest BCUT2D eigenvalue weighted by molar-refractivity contribution is 5.68. The molecule has 0 amide bonds. The second-order valence-corrected chi connectivity index (χ2v) is 22.1. The van der Waals surface area contributed by atoms with Crippen LogP contribution in [0.2, 0.25) is 0 Å². The van der Waals surface area contributed by atoms with Gasteiger partial charge >= 0.3 is 0 Å². The van der Waals surface area contributed by atoms with Gasteiger partial charge in [0.15, 0.2) is 0 Å². The van der Waals surface area contributed by atoms with E-state index in [1.54, 1.807) is 5.56 Å². The summed E-state index contributed by atoms with van der Waals surface area (Å²) >= 11 is 0. The molecule has 5 aliphatic carbocycles. The fourth-order valence-electron chi connectivity index (χ4n) is 12.5. The van der Waals surface area contributed by atoms with Crippen LogP contribution in [-0.4, -0.2) is 0 Å². The smallest absolute Gasteiger partial charge is 0.00281 e. The monoisotopic (exact) mass is 669 g/mol. The van der Waals surface area contributed by atoms with Gasteiger partial charge in [-0.25, -0.2) is 0 Å². The van der Waals surface area contributed by atoms with Crippen molar-refractivity contribution >= 4 is 6.08 Å². The molecule has 49 heavy (non-hydrogen) atoms. The zero-order valence-corrected chi connectivity index (χ0v) is 36.7. The number of benzene rings is 1. The second kappa shape index (κ2) is 11.5. The van der Waals surface area contributed by atoms with Gasteiger partial charge in [-0.2, -0.15) is 0 Å². The summed E-state index contributed by atoms with van der Waals surface area (Å²) in [6.45, 7) is 53.9. The summed E-state index contributed by atoms with van der Waals surface area (Å²) in [4.78, 5) is 0. The SMILES string of the molecule is CC1(C)C(C)(C)C(C)(C)C2(C)CC=CC2(C)C1(C)C.CC1(C)C2C=CCC2C(C)(C)C(C)(C)C1(C)C.Cc1c(C)c(C)c2c(c1C)C=CC2. The molecule has 0 N–H and O–H groups in total. The van der Waals surface area contributed by atoms with Crippen molar-refractivity contribution in [3.63, 3.8) is 0 Å². The topological polar surface area (TPSA) is 0 Å². The lowest BCUT2D eigenvalue weighted by Crippen LogP contribution is -2.70. The Morgan fingerprint density at radius 3 is 1.53 bits per heavy atom. The van der Waals surface area contributed by atoms with E-state index >= 15 is 0 Å². The van der Waals surface area contributed by atoms with Crippen molar-refractivity contribution < 1.29 is 0 Å². The first kappa shape index (κ1) is 40.2. The predicted molar refractivity (Wildman–Crippen MR) is 219 cm³/mol. The molecule has 0 aliphatic heterocycles. The van der Waals surface area contributed by atoms with E-state index < -0.39 is 0 Å². The Morgan fingerprint density at radius 2 is 0.980 bits per heavy atom. The largest absolute Gasteiger partial charge is 0.0879 e. The van der Waals surface area contributed by atoms with Gasteiger partial charge in [-0.05, 0) is 146 Å². The van der Waals surface area contributed by atoms with Crippen LogP contribution in [0.4, 0.5) is 0 Å². The quantitative estimate of drug-likeness (QED) is 0.241. The lowest BCUT2D eigenvalue weighted by molar-refractivity contribution is -0.272. The molecule has 1 aromatic rings. The molecule has 1 aromatic carbocycles. The fourth-order valence-corrected chi connectivity index (χ4v) is 12.5. The molecule has 2 fully saturated rings. The average Bonchev–Trinajstić information content (AvgIpc) is 3.75. The number of fused-ring (bicyclic) bond motifs is 3. The predicted octanol–water partition coefficient (Wildman–Crippen LogP) is 14.9. The van der Waals surface area contributed by atoms with Crippen LogP contribution in [0.5, 0.6) is 0 Å². The first-order chi connectivity index (χ1) is 21.8. The molecular weight excluding hydrogens is 589 g/mol. The van der Waals surface area contributed by atoms with Crippen LogP contribution in [0, 0.1) is 93.7 Å². The number of rotatable bonds is 0. The Morgan fingerprint density at radius 1 is 0.490 bits per heavy atom. The second-order valence-electron chi connectivity index (χ2n) is 22.1. The minimum Gasteiger partial charge on any atom is -0.0879 e. The maximum atomic E-state index is 2.53. The lowest BCUT2D eigenvalue weighted by Gasteiger charge is -2.76. The van der Waals surface area contributed by atoms with Crippen molar-refractivity contribution in [1.82, 2.24) is 0 Å². The average molecular weight is 669 g/mol.